The Bertz CT molecular complexity index is 1080. The second-order valence-electron chi connectivity index (χ2n) is 7.84. The smallest absolute Gasteiger partial charge is 0.330 e. The van der Waals surface area contributed by atoms with Gasteiger partial charge in [0.15, 0.2) is 0 Å². The summed E-state index contributed by atoms with van der Waals surface area (Å²) in [6.07, 6.45) is 3.70. The highest BCUT2D eigenvalue weighted by molar-refractivity contribution is 5.87. The standard InChI is InChI=1S/C23H23FN2O2/c1-23(2)13-17-15-6-4-5-7-19(15)25-21(17)22(26-23)16-10-8-14(12-18(16)24)9-11-20(27)28-3/h4-12,22,25-26H,13H2,1-3H3. The topological polar surface area (TPSA) is 54.1 Å². The molecule has 4 rings (SSSR count). The molecule has 1 aliphatic rings. The summed E-state index contributed by atoms with van der Waals surface area (Å²) in [6.45, 7) is 4.27. The van der Waals surface area contributed by atoms with E-state index in [0.29, 0.717) is 11.1 Å². The Morgan fingerprint density at radius 3 is 2.79 bits per heavy atom. The molecule has 0 aliphatic carbocycles. The van der Waals surface area contributed by atoms with Gasteiger partial charge in [-0.2, -0.15) is 0 Å². The van der Waals surface area contributed by atoms with Gasteiger partial charge in [-0.15, -0.1) is 0 Å². The molecule has 0 bridgehead atoms. The molecule has 3 aromatic rings. The van der Waals surface area contributed by atoms with Crippen LogP contribution in [0.2, 0.25) is 0 Å². The number of carbonyl (C=O) groups excluding carboxylic acids is 1. The molecule has 0 spiro atoms. The lowest BCUT2D eigenvalue weighted by atomic mass is 9.83. The van der Waals surface area contributed by atoms with Gasteiger partial charge in [-0.25, -0.2) is 9.18 Å². The number of halogens is 1. The van der Waals surface area contributed by atoms with E-state index >= 15 is 4.39 Å². The molecule has 5 heteroatoms. The molecule has 0 saturated heterocycles. The van der Waals surface area contributed by atoms with Crippen LogP contribution >= 0.6 is 0 Å². The maximum atomic E-state index is 15.0. The number of aromatic nitrogens is 1. The average molecular weight is 378 g/mol. The minimum atomic E-state index is -0.470. The van der Waals surface area contributed by atoms with E-state index in [1.165, 1.54) is 30.2 Å². The van der Waals surface area contributed by atoms with Crippen molar-refractivity contribution in [2.45, 2.75) is 31.8 Å². The fraction of sp³-hybridized carbons (Fsp3) is 0.261. The lowest BCUT2D eigenvalue weighted by Crippen LogP contribution is -2.47. The van der Waals surface area contributed by atoms with Gasteiger partial charge in [0, 0.05) is 33.8 Å². The number of aromatic amines is 1. The van der Waals surface area contributed by atoms with Crippen molar-refractivity contribution in [3.05, 3.63) is 76.7 Å². The van der Waals surface area contributed by atoms with Crippen LogP contribution in [0.3, 0.4) is 0 Å². The van der Waals surface area contributed by atoms with Gasteiger partial charge in [-0.1, -0.05) is 30.3 Å². The maximum absolute atomic E-state index is 15.0. The number of fused-ring (bicyclic) bond motifs is 3. The molecule has 0 radical (unpaired) electrons. The molecular formula is C23H23FN2O2. The van der Waals surface area contributed by atoms with Crippen molar-refractivity contribution in [1.82, 2.24) is 10.3 Å². The fourth-order valence-corrected chi connectivity index (χ4v) is 3.96. The van der Waals surface area contributed by atoms with Gasteiger partial charge in [0.05, 0.1) is 13.2 Å². The molecule has 1 aliphatic heterocycles. The van der Waals surface area contributed by atoms with Crippen LogP contribution in [0.4, 0.5) is 4.39 Å². The Labute approximate surface area is 163 Å². The first-order chi connectivity index (χ1) is 13.4. The third-order valence-electron chi connectivity index (χ3n) is 5.24. The fourth-order valence-electron chi connectivity index (χ4n) is 3.96. The second-order valence-corrected chi connectivity index (χ2v) is 7.84. The minimum absolute atomic E-state index is 0.168. The monoisotopic (exact) mass is 378 g/mol. The normalized spacial score (nSPS) is 18.4. The van der Waals surface area contributed by atoms with E-state index in [1.54, 1.807) is 12.1 Å². The van der Waals surface area contributed by atoms with E-state index in [0.717, 1.165) is 17.6 Å². The minimum Gasteiger partial charge on any atom is -0.466 e. The third-order valence-corrected chi connectivity index (χ3v) is 5.24. The molecule has 144 valence electrons. The number of methoxy groups -OCH3 is 1. The highest BCUT2D eigenvalue weighted by Crippen LogP contribution is 2.38. The molecule has 0 fully saturated rings. The quantitative estimate of drug-likeness (QED) is 0.521. The van der Waals surface area contributed by atoms with Gasteiger partial charge in [-0.05, 0) is 49.6 Å². The number of hydrogen-bond acceptors (Lipinski definition) is 3. The Kier molecular flexibility index (Phi) is 4.55. The summed E-state index contributed by atoms with van der Waals surface area (Å²) in [5.74, 6) is -0.783. The van der Waals surface area contributed by atoms with E-state index in [1.807, 2.05) is 18.2 Å². The van der Waals surface area contributed by atoms with Crippen LogP contribution in [0.15, 0.2) is 48.5 Å². The highest BCUT2D eigenvalue weighted by Gasteiger charge is 2.35. The highest BCUT2D eigenvalue weighted by atomic mass is 19.1. The van der Waals surface area contributed by atoms with Crippen LogP contribution in [0, 0.1) is 5.82 Å². The zero-order chi connectivity index (χ0) is 19.9. The first-order valence-corrected chi connectivity index (χ1v) is 9.30. The largest absolute Gasteiger partial charge is 0.466 e. The number of hydrogen-bond donors (Lipinski definition) is 2. The first kappa shape index (κ1) is 18.4. The van der Waals surface area contributed by atoms with E-state index < -0.39 is 5.97 Å². The van der Waals surface area contributed by atoms with Crippen LogP contribution in [0.25, 0.3) is 17.0 Å². The molecule has 2 aromatic carbocycles. The van der Waals surface area contributed by atoms with Crippen molar-refractivity contribution in [2.75, 3.05) is 7.11 Å². The first-order valence-electron chi connectivity index (χ1n) is 9.30. The van der Waals surface area contributed by atoms with E-state index in [2.05, 4.69) is 41.0 Å². The molecule has 2 heterocycles. The van der Waals surface area contributed by atoms with Crippen LogP contribution < -0.4 is 5.32 Å². The van der Waals surface area contributed by atoms with E-state index in [9.17, 15) is 4.79 Å². The molecule has 0 amide bonds. The molecule has 28 heavy (non-hydrogen) atoms. The van der Waals surface area contributed by atoms with Gasteiger partial charge < -0.3 is 9.72 Å². The zero-order valence-electron chi connectivity index (χ0n) is 16.2. The number of benzene rings is 2. The van der Waals surface area contributed by atoms with Crippen molar-refractivity contribution in [1.29, 1.82) is 0 Å². The Morgan fingerprint density at radius 2 is 2.04 bits per heavy atom. The predicted octanol–water partition coefficient (Wildman–Crippen LogP) is 4.51. The number of ether oxygens (including phenoxy) is 1. The number of rotatable bonds is 3. The number of nitrogens with one attached hydrogen (secondary N) is 2. The van der Waals surface area contributed by atoms with Crippen molar-refractivity contribution in [3.63, 3.8) is 0 Å². The summed E-state index contributed by atoms with van der Waals surface area (Å²) < 4.78 is 19.6. The molecule has 1 atom stereocenters. The molecule has 1 aromatic heterocycles. The van der Waals surface area contributed by atoms with Gasteiger partial charge >= 0.3 is 5.97 Å². The van der Waals surface area contributed by atoms with E-state index in [4.69, 9.17) is 0 Å². The molecule has 2 N–H and O–H groups in total. The second kappa shape index (κ2) is 6.91. The SMILES string of the molecule is COC(=O)C=Cc1ccc(C2NC(C)(C)Cc3c2[nH]c2ccccc32)c(F)c1. The van der Waals surface area contributed by atoms with Crippen LogP contribution in [0.1, 0.15) is 42.3 Å². The lowest BCUT2D eigenvalue weighted by molar-refractivity contribution is -0.134. The summed E-state index contributed by atoms with van der Waals surface area (Å²) in [4.78, 5) is 14.7. The zero-order valence-corrected chi connectivity index (χ0v) is 16.2. The predicted molar refractivity (Wildman–Crippen MR) is 109 cm³/mol. The summed E-state index contributed by atoms with van der Waals surface area (Å²) in [5.41, 5.74) is 4.33. The van der Waals surface area contributed by atoms with Gasteiger partial charge in [0.1, 0.15) is 5.82 Å². The maximum Gasteiger partial charge on any atom is 0.330 e. The third kappa shape index (κ3) is 3.34. The summed E-state index contributed by atoms with van der Waals surface area (Å²) >= 11 is 0. The number of carbonyl (C=O) groups is 1. The lowest BCUT2D eigenvalue weighted by Gasteiger charge is -2.37. The average Bonchev–Trinajstić information content (AvgIpc) is 3.03. The molecule has 1 unspecified atom stereocenters. The summed E-state index contributed by atoms with van der Waals surface area (Å²) in [6, 6.07) is 13.0. The Hall–Kier alpha value is -2.92. The summed E-state index contributed by atoms with van der Waals surface area (Å²) in [7, 11) is 1.31. The number of H-pyrrole nitrogens is 1. The van der Waals surface area contributed by atoms with Crippen LogP contribution in [-0.2, 0) is 16.0 Å². The van der Waals surface area contributed by atoms with Crippen LogP contribution in [0.5, 0.6) is 0 Å². The number of para-hydroxylation sites is 1. The van der Waals surface area contributed by atoms with Crippen molar-refractivity contribution >= 4 is 22.9 Å². The van der Waals surface area contributed by atoms with Crippen molar-refractivity contribution in [2.24, 2.45) is 0 Å². The van der Waals surface area contributed by atoms with Crippen molar-refractivity contribution < 1.29 is 13.9 Å². The Morgan fingerprint density at radius 1 is 1.25 bits per heavy atom. The summed E-state index contributed by atoms with van der Waals surface area (Å²) in [5, 5.41) is 4.77. The van der Waals surface area contributed by atoms with Crippen molar-refractivity contribution in [3.8, 4) is 0 Å². The Balaban J connectivity index is 1.77. The van der Waals surface area contributed by atoms with Gasteiger partial charge in [0.2, 0.25) is 0 Å². The van der Waals surface area contributed by atoms with E-state index in [-0.39, 0.29) is 17.4 Å². The van der Waals surface area contributed by atoms with Crippen LogP contribution in [-0.4, -0.2) is 23.6 Å². The molecule has 0 saturated carbocycles. The van der Waals surface area contributed by atoms with Gasteiger partial charge in [-0.3, -0.25) is 5.32 Å². The molecular weight excluding hydrogens is 355 g/mol. The van der Waals surface area contributed by atoms with Gasteiger partial charge in [0.25, 0.3) is 0 Å². The molecule has 4 nitrogen and oxygen atoms in total. The number of esters is 1.